The zero-order valence-corrected chi connectivity index (χ0v) is 20.8. The molecule has 1 aromatic carbocycles. The van der Waals surface area contributed by atoms with E-state index in [1.54, 1.807) is 6.20 Å². The Balaban J connectivity index is 1.65. The SMILES string of the molecule is Cc1cccc(C)c1-n1c(C)cc(C2C(c3ccccn3)NC(=S)N2Cc2cccnc2)c1C. The predicted molar refractivity (Wildman–Crippen MR) is 140 cm³/mol. The van der Waals surface area contributed by atoms with Crippen LogP contribution in [0.5, 0.6) is 0 Å². The Labute approximate surface area is 206 Å². The normalized spacial score (nSPS) is 17.8. The van der Waals surface area contributed by atoms with E-state index in [0.717, 1.165) is 16.4 Å². The number of benzene rings is 1. The Morgan fingerprint density at radius 3 is 2.41 bits per heavy atom. The minimum Gasteiger partial charge on any atom is -0.352 e. The first-order chi connectivity index (χ1) is 16.5. The lowest BCUT2D eigenvalue weighted by Crippen LogP contribution is -2.29. The third-order valence-electron chi connectivity index (χ3n) is 6.73. The molecule has 4 aromatic rings. The highest BCUT2D eigenvalue weighted by Gasteiger charge is 2.41. The number of pyridine rings is 2. The van der Waals surface area contributed by atoms with Crippen LogP contribution in [0.25, 0.3) is 5.69 Å². The van der Waals surface area contributed by atoms with Crippen molar-refractivity contribution in [2.45, 2.75) is 46.3 Å². The maximum absolute atomic E-state index is 5.87. The lowest BCUT2D eigenvalue weighted by Gasteiger charge is -2.28. The summed E-state index contributed by atoms with van der Waals surface area (Å²) in [6.45, 7) is 9.44. The minimum absolute atomic E-state index is 0.00637. The van der Waals surface area contributed by atoms with Gasteiger partial charge in [0.25, 0.3) is 0 Å². The highest BCUT2D eigenvalue weighted by molar-refractivity contribution is 7.80. The number of hydrogen-bond acceptors (Lipinski definition) is 3. The van der Waals surface area contributed by atoms with Crippen LogP contribution < -0.4 is 5.32 Å². The van der Waals surface area contributed by atoms with Crippen LogP contribution in [0.1, 0.15) is 51.4 Å². The van der Waals surface area contributed by atoms with Gasteiger partial charge < -0.3 is 14.8 Å². The maximum Gasteiger partial charge on any atom is 0.170 e. The van der Waals surface area contributed by atoms with Crippen LogP contribution >= 0.6 is 12.2 Å². The summed E-state index contributed by atoms with van der Waals surface area (Å²) in [5.41, 5.74) is 9.59. The molecule has 0 aliphatic carbocycles. The summed E-state index contributed by atoms with van der Waals surface area (Å²) in [4.78, 5) is 11.3. The number of aryl methyl sites for hydroxylation is 3. The van der Waals surface area contributed by atoms with Gasteiger partial charge in [0.05, 0.1) is 23.5 Å². The number of hydrogen-bond donors (Lipinski definition) is 1. The highest BCUT2D eigenvalue weighted by atomic mass is 32.1. The zero-order chi connectivity index (χ0) is 23.8. The van der Waals surface area contributed by atoms with E-state index < -0.39 is 0 Å². The quantitative estimate of drug-likeness (QED) is 0.383. The summed E-state index contributed by atoms with van der Waals surface area (Å²) in [7, 11) is 0. The first-order valence-corrected chi connectivity index (χ1v) is 12.0. The van der Waals surface area contributed by atoms with Gasteiger partial charge >= 0.3 is 0 Å². The van der Waals surface area contributed by atoms with Crippen LogP contribution in [0, 0.1) is 27.7 Å². The van der Waals surface area contributed by atoms with Crippen LogP contribution in [0.3, 0.4) is 0 Å². The van der Waals surface area contributed by atoms with E-state index in [9.17, 15) is 0 Å². The molecule has 1 fully saturated rings. The van der Waals surface area contributed by atoms with Crippen molar-refractivity contribution in [1.82, 2.24) is 24.8 Å². The Morgan fingerprint density at radius 2 is 1.74 bits per heavy atom. The molecule has 5 nitrogen and oxygen atoms in total. The monoisotopic (exact) mass is 467 g/mol. The van der Waals surface area contributed by atoms with E-state index in [0.29, 0.717) is 6.54 Å². The van der Waals surface area contributed by atoms with Gasteiger partial charge in [0.1, 0.15) is 0 Å². The van der Waals surface area contributed by atoms with Gasteiger partial charge in [-0.3, -0.25) is 9.97 Å². The van der Waals surface area contributed by atoms with Crippen molar-refractivity contribution in [3.63, 3.8) is 0 Å². The van der Waals surface area contributed by atoms with Crippen LogP contribution in [0.4, 0.5) is 0 Å². The summed E-state index contributed by atoms with van der Waals surface area (Å²) in [6.07, 6.45) is 5.56. The molecule has 0 spiro atoms. The molecule has 1 aliphatic rings. The van der Waals surface area contributed by atoms with Crippen LogP contribution in [0.2, 0.25) is 0 Å². The summed E-state index contributed by atoms with van der Waals surface area (Å²) in [6, 6.07) is 18.9. The van der Waals surface area contributed by atoms with Crippen molar-refractivity contribution in [3.05, 3.63) is 113 Å². The molecule has 6 heteroatoms. The second-order valence-electron chi connectivity index (χ2n) is 9.02. The fourth-order valence-electron chi connectivity index (χ4n) is 5.19. The molecule has 172 valence electrons. The van der Waals surface area contributed by atoms with Crippen LogP contribution in [-0.2, 0) is 6.54 Å². The molecule has 5 rings (SSSR count). The van der Waals surface area contributed by atoms with Crippen LogP contribution in [0.15, 0.2) is 73.2 Å². The molecule has 4 heterocycles. The van der Waals surface area contributed by atoms with Crippen molar-refractivity contribution >= 4 is 17.3 Å². The lowest BCUT2D eigenvalue weighted by molar-refractivity contribution is 0.310. The molecule has 0 bridgehead atoms. The summed E-state index contributed by atoms with van der Waals surface area (Å²) < 4.78 is 2.39. The third kappa shape index (κ3) is 3.88. The number of nitrogens with one attached hydrogen (secondary N) is 1. The summed E-state index contributed by atoms with van der Waals surface area (Å²) >= 11 is 5.87. The predicted octanol–water partition coefficient (Wildman–Crippen LogP) is 5.67. The molecular formula is C28H29N5S. The molecule has 3 aromatic heterocycles. The van der Waals surface area contributed by atoms with Gasteiger partial charge in [0.15, 0.2) is 5.11 Å². The van der Waals surface area contributed by atoms with Crippen molar-refractivity contribution in [2.24, 2.45) is 0 Å². The molecule has 2 unspecified atom stereocenters. The van der Waals surface area contributed by atoms with Gasteiger partial charge in [-0.1, -0.05) is 30.3 Å². The van der Waals surface area contributed by atoms with Gasteiger partial charge in [0.2, 0.25) is 0 Å². The van der Waals surface area contributed by atoms with Crippen molar-refractivity contribution in [2.75, 3.05) is 0 Å². The Bertz CT molecular complexity index is 1310. The fourth-order valence-corrected chi connectivity index (χ4v) is 5.50. The van der Waals surface area contributed by atoms with Crippen LogP contribution in [-0.4, -0.2) is 24.5 Å². The second kappa shape index (κ2) is 9.03. The van der Waals surface area contributed by atoms with Gasteiger partial charge in [-0.2, -0.15) is 0 Å². The largest absolute Gasteiger partial charge is 0.352 e. The number of rotatable bonds is 5. The Morgan fingerprint density at radius 1 is 0.941 bits per heavy atom. The second-order valence-corrected chi connectivity index (χ2v) is 9.40. The smallest absolute Gasteiger partial charge is 0.170 e. The lowest BCUT2D eigenvalue weighted by atomic mass is 9.96. The molecule has 1 aliphatic heterocycles. The third-order valence-corrected chi connectivity index (χ3v) is 7.08. The maximum atomic E-state index is 5.87. The average molecular weight is 468 g/mol. The van der Waals surface area contributed by atoms with Crippen molar-refractivity contribution in [3.8, 4) is 5.69 Å². The topological polar surface area (TPSA) is 46.0 Å². The van der Waals surface area contributed by atoms with Crippen molar-refractivity contribution < 1.29 is 0 Å². The molecular weight excluding hydrogens is 438 g/mol. The fraction of sp³-hybridized carbons (Fsp3) is 0.250. The molecule has 0 radical (unpaired) electrons. The van der Waals surface area contributed by atoms with Crippen molar-refractivity contribution in [1.29, 1.82) is 0 Å². The number of para-hydroxylation sites is 1. The van der Waals surface area contributed by atoms with Gasteiger partial charge in [-0.25, -0.2) is 0 Å². The molecule has 34 heavy (non-hydrogen) atoms. The average Bonchev–Trinajstić information content (AvgIpc) is 3.31. The van der Waals surface area contributed by atoms with Gasteiger partial charge in [-0.05, 0) is 86.4 Å². The van der Waals surface area contributed by atoms with E-state index in [2.05, 4.69) is 88.8 Å². The Hall–Kier alpha value is -3.51. The molecule has 0 amide bonds. The highest BCUT2D eigenvalue weighted by Crippen LogP contribution is 2.42. The standard InChI is InChI=1S/C28H29N5S/c1-18-9-7-10-19(2)26(18)33-20(3)15-23(21(33)4)27-25(24-12-5-6-14-30-24)31-28(34)32(27)17-22-11-8-13-29-16-22/h5-16,25,27H,17H2,1-4H3,(H,31,34). The van der Waals surface area contributed by atoms with Gasteiger partial charge in [-0.15, -0.1) is 0 Å². The first-order valence-electron chi connectivity index (χ1n) is 11.6. The number of thiocarbonyl (C=S) groups is 1. The van der Waals surface area contributed by atoms with E-state index in [-0.39, 0.29) is 12.1 Å². The van der Waals surface area contributed by atoms with Gasteiger partial charge in [0, 0.05) is 36.5 Å². The summed E-state index contributed by atoms with van der Waals surface area (Å²) in [5, 5.41) is 4.31. The Kier molecular flexibility index (Phi) is 5.92. The van der Waals surface area contributed by atoms with E-state index in [1.165, 1.54) is 33.8 Å². The number of aromatic nitrogens is 3. The van der Waals surface area contributed by atoms with E-state index in [1.807, 2.05) is 30.6 Å². The molecule has 2 atom stereocenters. The molecule has 1 N–H and O–H groups in total. The molecule has 1 saturated heterocycles. The van der Waals surface area contributed by atoms with E-state index in [4.69, 9.17) is 12.2 Å². The first kappa shape index (κ1) is 22.3. The zero-order valence-electron chi connectivity index (χ0n) is 20.0. The summed E-state index contributed by atoms with van der Waals surface area (Å²) in [5.74, 6) is 0. The molecule has 0 saturated carbocycles. The minimum atomic E-state index is -0.0442. The number of nitrogens with zero attached hydrogens (tertiary/aromatic N) is 4. The van der Waals surface area contributed by atoms with E-state index >= 15 is 0 Å².